The Morgan fingerprint density at radius 1 is 1.53 bits per heavy atom. The summed E-state index contributed by atoms with van der Waals surface area (Å²) in [7, 11) is -4.13. The van der Waals surface area contributed by atoms with Crippen LogP contribution in [0.3, 0.4) is 0 Å². The molecule has 0 aliphatic rings. The first-order valence-corrected chi connectivity index (χ1v) is 6.40. The molecule has 0 radical (unpaired) electrons. The van der Waals surface area contributed by atoms with Crippen LogP contribution in [-0.4, -0.2) is 25.9 Å². The Kier molecular flexibility index (Phi) is 4.53. The monoisotopic (exact) mass is 289 g/mol. The van der Waals surface area contributed by atoms with Gasteiger partial charge in [0.05, 0.1) is 9.82 Å². The van der Waals surface area contributed by atoms with E-state index in [1.54, 1.807) is 4.89 Å². The number of benzene rings is 1. The second kappa shape index (κ2) is 5.73. The van der Waals surface area contributed by atoms with Crippen LogP contribution in [0.2, 0.25) is 0 Å². The maximum atomic E-state index is 11.8. The number of carbonyl (C=O) groups excluding carboxylic acids is 1. The van der Waals surface area contributed by atoms with Crippen LogP contribution in [0, 0.1) is 17.0 Å². The Balaban J connectivity index is 3.05. The van der Waals surface area contributed by atoms with E-state index in [2.05, 4.69) is 4.84 Å². The van der Waals surface area contributed by atoms with Gasteiger partial charge in [-0.2, -0.15) is 0 Å². The molecule has 0 aliphatic carbocycles. The molecule has 0 bridgehead atoms. The van der Waals surface area contributed by atoms with Gasteiger partial charge in [-0.25, -0.2) is 8.42 Å². The molecule has 0 saturated heterocycles. The largest absolute Gasteiger partial charge is 0.368 e. The first-order valence-electron chi connectivity index (χ1n) is 4.91. The minimum atomic E-state index is -4.13. The standard InChI is InChI=1S/C9H11N3O6S/c1-6-7(12(14)15)3-2-4-8(6)19(16,17)11-18-5-9(10)13/h2-4,11H,5H2,1H3,(H2,10,13). The number of nitrogens with one attached hydrogen (secondary N) is 1. The average molecular weight is 289 g/mol. The van der Waals surface area contributed by atoms with Crippen molar-refractivity contribution in [2.75, 3.05) is 6.61 Å². The summed E-state index contributed by atoms with van der Waals surface area (Å²) in [6.45, 7) is 0.647. The zero-order chi connectivity index (χ0) is 14.6. The van der Waals surface area contributed by atoms with E-state index in [0.29, 0.717) is 0 Å². The molecule has 0 aliphatic heterocycles. The fourth-order valence-electron chi connectivity index (χ4n) is 1.31. The Hall–Kier alpha value is -2.04. The number of nitrogens with two attached hydrogens (primary N) is 1. The van der Waals surface area contributed by atoms with Crippen LogP contribution in [-0.2, 0) is 19.7 Å². The van der Waals surface area contributed by atoms with E-state index >= 15 is 0 Å². The molecule has 0 heterocycles. The second-order valence-corrected chi connectivity index (χ2v) is 5.11. The van der Waals surface area contributed by atoms with Crippen molar-refractivity contribution in [2.24, 2.45) is 5.73 Å². The third-order valence-electron chi connectivity index (χ3n) is 2.12. The van der Waals surface area contributed by atoms with Crippen molar-refractivity contribution in [1.82, 2.24) is 4.89 Å². The highest BCUT2D eigenvalue weighted by atomic mass is 32.2. The number of amides is 1. The molecule has 0 saturated carbocycles. The number of sulfonamides is 1. The molecular formula is C9H11N3O6S. The minimum Gasteiger partial charge on any atom is -0.368 e. The highest BCUT2D eigenvalue weighted by molar-refractivity contribution is 7.89. The van der Waals surface area contributed by atoms with Crippen molar-refractivity contribution in [2.45, 2.75) is 11.8 Å². The topological polar surface area (TPSA) is 142 Å². The molecule has 104 valence electrons. The molecule has 1 amide bonds. The number of hydrogen-bond acceptors (Lipinski definition) is 6. The normalized spacial score (nSPS) is 11.2. The summed E-state index contributed by atoms with van der Waals surface area (Å²) in [5.41, 5.74) is 4.39. The van der Waals surface area contributed by atoms with Crippen molar-refractivity contribution in [3.8, 4) is 0 Å². The Labute approximate surface area is 108 Å². The van der Waals surface area contributed by atoms with Gasteiger partial charge in [0.25, 0.3) is 15.7 Å². The maximum Gasteiger partial charge on any atom is 0.273 e. The Morgan fingerprint density at radius 2 is 2.16 bits per heavy atom. The number of nitro benzene ring substituents is 1. The summed E-state index contributed by atoms with van der Waals surface area (Å²) < 4.78 is 23.6. The lowest BCUT2D eigenvalue weighted by Gasteiger charge is -2.08. The number of nitrogens with zero attached hydrogens (tertiary/aromatic N) is 1. The third-order valence-corrected chi connectivity index (χ3v) is 3.48. The first kappa shape index (κ1) is 15.0. The molecule has 0 spiro atoms. The number of hydrogen-bond donors (Lipinski definition) is 2. The third kappa shape index (κ3) is 3.71. The van der Waals surface area contributed by atoms with Gasteiger partial charge in [0.15, 0.2) is 0 Å². The molecule has 1 rings (SSSR count). The SMILES string of the molecule is Cc1c([N+](=O)[O-])cccc1S(=O)(=O)NOCC(N)=O. The number of carbonyl (C=O) groups is 1. The van der Waals surface area contributed by atoms with Crippen LogP contribution >= 0.6 is 0 Å². The van der Waals surface area contributed by atoms with Gasteiger partial charge in [0.1, 0.15) is 6.61 Å². The van der Waals surface area contributed by atoms with Crippen molar-refractivity contribution in [3.63, 3.8) is 0 Å². The Bertz CT molecular complexity index is 612. The van der Waals surface area contributed by atoms with E-state index in [1.807, 2.05) is 0 Å². The summed E-state index contributed by atoms with van der Waals surface area (Å²) in [6.07, 6.45) is 0. The summed E-state index contributed by atoms with van der Waals surface area (Å²) in [6, 6.07) is 3.59. The molecule has 9 nitrogen and oxygen atoms in total. The predicted octanol–water partition coefficient (Wildman–Crippen LogP) is -0.402. The lowest BCUT2D eigenvalue weighted by molar-refractivity contribution is -0.385. The zero-order valence-electron chi connectivity index (χ0n) is 9.82. The first-order chi connectivity index (χ1) is 8.75. The minimum absolute atomic E-state index is 0.0392. The number of primary amides is 1. The molecule has 0 unspecified atom stereocenters. The van der Waals surface area contributed by atoms with Gasteiger partial charge < -0.3 is 5.73 Å². The molecule has 1 aromatic rings. The molecule has 1 aromatic carbocycles. The van der Waals surface area contributed by atoms with Crippen LogP contribution < -0.4 is 10.6 Å². The Morgan fingerprint density at radius 3 is 2.68 bits per heavy atom. The van der Waals surface area contributed by atoms with Gasteiger partial charge in [-0.05, 0) is 13.0 Å². The van der Waals surface area contributed by atoms with Crippen molar-refractivity contribution in [1.29, 1.82) is 0 Å². The molecule has 0 fully saturated rings. The van der Waals surface area contributed by atoms with Gasteiger partial charge in [-0.1, -0.05) is 11.0 Å². The molecule has 3 N–H and O–H groups in total. The van der Waals surface area contributed by atoms with E-state index in [0.717, 1.165) is 0 Å². The van der Waals surface area contributed by atoms with Crippen LogP contribution in [0.5, 0.6) is 0 Å². The highest BCUT2D eigenvalue weighted by Crippen LogP contribution is 2.24. The van der Waals surface area contributed by atoms with Crippen LogP contribution in [0.15, 0.2) is 23.1 Å². The number of nitro groups is 1. The maximum absolute atomic E-state index is 11.8. The fraction of sp³-hybridized carbons (Fsp3) is 0.222. The summed E-state index contributed by atoms with van der Waals surface area (Å²) in [4.78, 5) is 26.1. The van der Waals surface area contributed by atoms with Crippen molar-refractivity contribution in [3.05, 3.63) is 33.9 Å². The van der Waals surface area contributed by atoms with E-state index in [-0.39, 0.29) is 16.1 Å². The average Bonchev–Trinajstić information content (AvgIpc) is 2.27. The quantitative estimate of drug-likeness (QED) is 0.539. The second-order valence-electron chi connectivity index (χ2n) is 3.50. The van der Waals surface area contributed by atoms with E-state index in [4.69, 9.17) is 5.73 Å². The van der Waals surface area contributed by atoms with Gasteiger partial charge in [-0.3, -0.25) is 19.7 Å². The fourth-order valence-corrected chi connectivity index (χ4v) is 2.38. The van der Waals surface area contributed by atoms with Crippen LogP contribution in [0.25, 0.3) is 0 Å². The lowest BCUT2D eigenvalue weighted by Crippen LogP contribution is -2.29. The molecule has 0 aromatic heterocycles. The predicted molar refractivity (Wildman–Crippen MR) is 63.3 cm³/mol. The van der Waals surface area contributed by atoms with Crippen LogP contribution in [0.4, 0.5) is 5.69 Å². The molecule has 10 heteroatoms. The van der Waals surface area contributed by atoms with Gasteiger partial charge in [0.2, 0.25) is 5.91 Å². The molecular weight excluding hydrogens is 278 g/mol. The van der Waals surface area contributed by atoms with E-state index < -0.39 is 27.5 Å². The zero-order valence-corrected chi connectivity index (χ0v) is 10.6. The smallest absolute Gasteiger partial charge is 0.273 e. The lowest BCUT2D eigenvalue weighted by atomic mass is 10.2. The van der Waals surface area contributed by atoms with Crippen molar-refractivity contribution < 1.29 is 23.0 Å². The van der Waals surface area contributed by atoms with Crippen LogP contribution in [0.1, 0.15) is 5.56 Å². The van der Waals surface area contributed by atoms with Crippen molar-refractivity contribution >= 4 is 21.6 Å². The summed E-state index contributed by atoms with van der Waals surface area (Å²) >= 11 is 0. The van der Waals surface area contributed by atoms with E-state index in [1.165, 1.54) is 25.1 Å². The summed E-state index contributed by atoms with van der Waals surface area (Å²) in [5, 5.41) is 10.7. The molecule has 0 atom stereocenters. The highest BCUT2D eigenvalue weighted by Gasteiger charge is 2.23. The van der Waals surface area contributed by atoms with Gasteiger partial charge in [0, 0.05) is 11.6 Å². The van der Waals surface area contributed by atoms with Gasteiger partial charge in [-0.15, -0.1) is 0 Å². The van der Waals surface area contributed by atoms with E-state index in [9.17, 15) is 23.3 Å². The summed E-state index contributed by atoms with van der Waals surface area (Å²) in [5.74, 6) is -0.863. The molecule has 19 heavy (non-hydrogen) atoms. The van der Waals surface area contributed by atoms with Gasteiger partial charge >= 0.3 is 0 Å². The number of rotatable bonds is 6.